The molecule has 0 N–H and O–H groups in total. The number of alkyl halides is 3. The Bertz CT molecular complexity index is 1080. The smallest absolute Gasteiger partial charge is 0.370 e. The van der Waals surface area contributed by atoms with Crippen molar-refractivity contribution in [1.82, 2.24) is 9.46 Å². The molecule has 2 aliphatic heterocycles. The topological polar surface area (TPSA) is 72.6 Å². The number of halogens is 3. The lowest BCUT2D eigenvalue weighted by Gasteiger charge is -2.41. The van der Waals surface area contributed by atoms with Crippen LogP contribution in [0.25, 0.3) is 10.6 Å². The Morgan fingerprint density at radius 1 is 1.20 bits per heavy atom. The number of ether oxygens (including phenoxy) is 1. The molecule has 11 heteroatoms. The van der Waals surface area contributed by atoms with Crippen molar-refractivity contribution in [2.24, 2.45) is 0 Å². The minimum absolute atomic E-state index is 0.0364. The molecule has 164 valence electrons. The van der Waals surface area contributed by atoms with E-state index in [0.717, 1.165) is 23.8 Å². The minimum atomic E-state index is -4.65. The van der Waals surface area contributed by atoms with Gasteiger partial charge in [-0.15, -0.1) is 11.3 Å². The summed E-state index contributed by atoms with van der Waals surface area (Å²) in [5, 5.41) is 3.45. The van der Waals surface area contributed by atoms with Crippen molar-refractivity contribution >= 4 is 21.4 Å². The average Bonchev–Trinajstić information content (AvgIpc) is 3.29. The quantitative estimate of drug-likeness (QED) is 0.623. The van der Waals surface area contributed by atoms with E-state index in [-0.39, 0.29) is 10.6 Å². The highest BCUT2D eigenvalue weighted by Gasteiger charge is 2.40. The van der Waals surface area contributed by atoms with Crippen LogP contribution in [0, 0.1) is 6.92 Å². The van der Waals surface area contributed by atoms with Crippen molar-refractivity contribution in [2.45, 2.75) is 49.8 Å². The molecule has 0 saturated carbocycles. The summed E-state index contributed by atoms with van der Waals surface area (Å²) in [6.07, 6.45) is -0.518. The van der Waals surface area contributed by atoms with Crippen LogP contribution < -0.4 is 0 Å². The number of aromatic nitrogens is 1. The van der Waals surface area contributed by atoms with Crippen LogP contribution in [0.4, 0.5) is 13.2 Å². The first kappa shape index (κ1) is 21.5. The monoisotopic (exact) mass is 462 g/mol. The molecule has 4 rings (SSSR count). The molecule has 4 heterocycles. The Balaban J connectivity index is 1.56. The molecule has 2 aromatic heterocycles. The zero-order chi connectivity index (χ0) is 21.7. The van der Waals surface area contributed by atoms with Gasteiger partial charge in [-0.1, -0.05) is 16.8 Å². The lowest BCUT2D eigenvalue weighted by molar-refractivity contribution is -0.155. The van der Waals surface area contributed by atoms with Gasteiger partial charge >= 0.3 is 6.18 Å². The fourth-order valence-electron chi connectivity index (χ4n) is 3.88. The van der Waals surface area contributed by atoms with Crippen molar-refractivity contribution in [2.75, 3.05) is 19.7 Å². The summed E-state index contributed by atoms with van der Waals surface area (Å²) in [5.74, 6) is -1.22. The number of aryl methyl sites for hydroxylation is 1. The van der Waals surface area contributed by atoms with E-state index >= 15 is 0 Å². The minimum Gasteiger partial charge on any atom is -0.370 e. The fourth-order valence-corrected chi connectivity index (χ4v) is 6.84. The van der Waals surface area contributed by atoms with E-state index in [1.54, 1.807) is 6.92 Å². The van der Waals surface area contributed by atoms with Gasteiger partial charge in [-0.25, -0.2) is 8.42 Å². The van der Waals surface area contributed by atoms with E-state index < -0.39 is 27.6 Å². The van der Waals surface area contributed by atoms with Crippen molar-refractivity contribution in [1.29, 1.82) is 0 Å². The second-order valence-corrected chi connectivity index (χ2v) is 10.8. The lowest BCUT2D eigenvalue weighted by Crippen LogP contribution is -2.48. The molecule has 1 saturated heterocycles. The number of hydrogen-bond donors (Lipinski definition) is 0. The van der Waals surface area contributed by atoms with Gasteiger partial charge in [-0.3, -0.25) is 0 Å². The number of rotatable bonds is 3. The molecule has 0 bridgehead atoms. The number of piperidine rings is 1. The normalized spacial score (nSPS) is 20.5. The van der Waals surface area contributed by atoms with Crippen molar-refractivity contribution in [3.05, 3.63) is 34.4 Å². The summed E-state index contributed by atoms with van der Waals surface area (Å²) in [5.41, 5.74) is 0.810. The summed E-state index contributed by atoms with van der Waals surface area (Å²) in [4.78, 5) is 0.894. The van der Waals surface area contributed by atoms with Gasteiger partial charge in [0.1, 0.15) is 5.69 Å². The molecule has 0 aromatic carbocycles. The van der Waals surface area contributed by atoms with E-state index in [0.29, 0.717) is 42.3 Å². The van der Waals surface area contributed by atoms with Crippen molar-refractivity contribution in [3.8, 4) is 10.6 Å². The summed E-state index contributed by atoms with van der Waals surface area (Å²) >= 11 is 1.07. The molecule has 2 aliphatic rings. The molecule has 1 fully saturated rings. The maximum absolute atomic E-state index is 13.2. The van der Waals surface area contributed by atoms with Gasteiger partial charge in [-0.05, 0) is 39.2 Å². The number of hydrogen-bond acceptors (Lipinski definition) is 6. The Hall–Kier alpha value is -1.69. The lowest BCUT2D eigenvalue weighted by atomic mass is 9.88. The Labute approximate surface area is 176 Å². The Kier molecular flexibility index (Phi) is 5.36. The molecular weight excluding hydrogens is 441 g/mol. The summed E-state index contributed by atoms with van der Waals surface area (Å²) in [6, 6.07) is 2.15. The number of thiophene rings is 1. The zero-order valence-corrected chi connectivity index (χ0v) is 18.1. The molecule has 0 aliphatic carbocycles. The van der Waals surface area contributed by atoms with Gasteiger partial charge in [0.05, 0.1) is 22.0 Å². The third-order valence-corrected chi connectivity index (χ3v) is 8.72. The predicted octanol–water partition coefficient (Wildman–Crippen LogP) is 4.62. The second-order valence-electron chi connectivity index (χ2n) is 7.66. The van der Waals surface area contributed by atoms with Crippen LogP contribution in [0.15, 0.2) is 33.2 Å². The molecule has 30 heavy (non-hydrogen) atoms. The molecule has 2 aromatic rings. The first-order valence-corrected chi connectivity index (χ1v) is 11.7. The van der Waals surface area contributed by atoms with Crippen LogP contribution >= 0.6 is 11.3 Å². The van der Waals surface area contributed by atoms with E-state index in [9.17, 15) is 21.6 Å². The summed E-state index contributed by atoms with van der Waals surface area (Å²) < 4.78 is 76.4. The predicted molar refractivity (Wildman–Crippen MR) is 105 cm³/mol. The maximum atomic E-state index is 13.2. The molecular formula is C19H21F3N2O4S2. The van der Waals surface area contributed by atoms with Crippen LogP contribution in [-0.2, 0) is 20.9 Å². The van der Waals surface area contributed by atoms with Crippen LogP contribution in [-0.4, -0.2) is 43.2 Å². The van der Waals surface area contributed by atoms with Crippen LogP contribution in [0.2, 0.25) is 0 Å². The fraction of sp³-hybridized carbons (Fsp3) is 0.526. The van der Waals surface area contributed by atoms with Gasteiger partial charge < -0.3 is 9.26 Å². The van der Waals surface area contributed by atoms with Crippen LogP contribution in [0.3, 0.4) is 0 Å². The van der Waals surface area contributed by atoms with E-state index in [1.807, 2.05) is 0 Å². The average molecular weight is 463 g/mol. The number of nitrogens with zero attached hydrogens (tertiary/aromatic N) is 2. The zero-order valence-electron chi connectivity index (χ0n) is 16.5. The van der Waals surface area contributed by atoms with Gasteiger partial charge in [0.25, 0.3) is 0 Å². The first-order chi connectivity index (χ1) is 14.0. The Morgan fingerprint density at radius 3 is 2.50 bits per heavy atom. The van der Waals surface area contributed by atoms with Crippen molar-refractivity contribution in [3.63, 3.8) is 0 Å². The van der Waals surface area contributed by atoms with Gasteiger partial charge in [-0.2, -0.15) is 17.5 Å². The maximum Gasteiger partial charge on any atom is 0.452 e. The van der Waals surface area contributed by atoms with E-state index in [2.05, 4.69) is 22.7 Å². The van der Waals surface area contributed by atoms with Gasteiger partial charge in [0.2, 0.25) is 15.8 Å². The number of sulfonamides is 1. The third-order valence-electron chi connectivity index (χ3n) is 5.50. The standard InChI is InChI=1S/C19H21F3N2O4S2/c1-12-3-8-27-18(11-12)4-6-24(7-5-18)30(25,26)16-10-15(29-13(16)2)14-9-17(28-23-14)19(20,21)22/h9-11H,3-8H2,1-2H3. The van der Waals surface area contributed by atoms with Crippen LogP contribution in [0.1, 0.15) is 36.8 Å². The van der Waals surface area contributed by atoms with Gasteiger partial charge in [0, 0.05) is 24.0 Å². The molecule has 1 spiro atoms. The summed E-state index contributed by atoms with van der Waals surface area (Å²) in [6.45, 7) is 4.96. The highest BCUT2D eigenvalue weighted by atomic mass is 32.2. The molecule has 0 amide bonds. The highest BCUT2D eigenvalue weighted by molar-refractivity contribution is 7.89. The first-order valence-electron chi connectivity index (χ1n) is 9.47. The van der Waals surface area contributed by atoms with E-state index in [1.165, 1.54) is 15.9 Å². The van der Waals surface area contributed by atoms with Crippen molar-refractivity contribution < 1.29 is 30.8 Å². The molecule has 0 atom stereocenters. The van der Waals surface area contributed by atoms with Crippen LogP contribution in [0.5, 0.6) is 0 Å². The third kappa shape index (κ3) is 3.95. The SMILES string of the molecule is CC1=CC2(CCN(S(=O)(=O)c3cc(-c4cc(C(F)(F)F)on4)sc3C)CC2)OCC1. The molecule has 0 radical (unpaired) electrons. The highest BCUT2D eigenvalue weighted by Crippen LogP contribution is 2.39. The van der Waals surface area contributed by atoms with Gasteiger partial charge in [0.15, 0.2) is 0 Å². The van der Waals surface area contributed by atoms with E-state index in [4.69, 9.17) is 4.74 Å². The molecule has 6 nitrogen and oxygen atoms in total. The second kappa shape index (κ2) is 7.47. The molecule has 0 unspecified atom stereocenters. The largest absolute Gasteiger partial charge is 0.452 e. The Morgan fingerprint density at radius 2 is 1.90 bits per heavy atom. The summed E-state index contributed by atoms with van der Waals surface area (Å²) in [7, 11) is -3.78.